The van der Waals surface area contributed by atoms with Gasteiger partial charge >= 0.3 is 0 Å². The zero-order chi connectivity index (χ0) is 21.7. The van der Waals surface area contributed by atoms with E-state index >= 15 is 0 Å². The number of unbranched alkanes of at least 4 members (excludes halogenated alkanes) is 1. The van der Waals surface area contributed by atoms with Crippen molar-refractivity contribution in [3.8, 4) is 0 Å². The molecule has 3 rings (SSSR count). The molecule has 154 valence electrons. The highest BCUT2D eigenvalue weighted by Gasteiger charge is 2.16. The van der Waals surface area contributed by atoms with Crippen LogP contribution in [0.5, 0.6) is 0 Å². The molecule has 0 radical (unpaired) electrons. The second-order valence-electron chi connectivity index (χ2n) is 6.72. The number of hydrogen-bond donors (Lipinski definition) is 1. The molecule has 1 amide bonds. The molecule has 0 saturated carbocycles. The SMILES string of the molecule is CCCCn1nc(C(=O)N/N=C(/C)c2cccc([N+](=O)[O-])c2)c2ccccc2c1=O. The van der Waals surface area contributed by atoms with Crippen LogP contribution in [-0.4, -0.2) is 26.3 Å². The first-order valence-corrected chi connectivity index (χ1v) is 9.51. The standard InChI is InChI=1S/C21H21N5O4/c1-3-4-12-25-21(28)18-11-6-5-10-17(18)19(24-25)20(27)23-22-14(2)15-8-7-9-16(13-15)26(29)30/h5-11,13H,3-4,12H2,1-2H3,(H,23,27)/b22-14-. The van der Waals surface area contributed by atoms with E-state index in [-0.39, 0.29) is 16.9 Å². The average Bonchev–Trinajstić information content (AvgIpc) is 2.77. The summed E-state index contributed by atoms with van der Waals surface area (Å²) in [5.41, 5.74) is 3.14. The molecule has 0 spiro atoms. The Morgan fingerprint density at radius 2 is 1.93 bits per heavy atom. The monoisotopic (exact) mass is 407 g/mol. The largest absolute Gasteiger partial charge is 0.292 e. The highest BCUT2D eigenvalue weighted by atomic mass is 16.6. The number of rotatable bonds is 7. The third-order valence-corrected chi connectivity index (χ3v) is 4.61. The maximum absolute atomic E-state index is 12.8. The number of nitro benzene ring substituents is 1. The zero-order valence-electron chi connectivity index (χ0n) is 16.7. The quantitative estimate of drug-likeness (QED) is 0.366. The van der Waals surface area contributed by atoms with Gasteiger partial charge in [0.1, 0.15) is 0 Å². The molecular weight excluding hydrogens is 386 g/mol. The number of nitrogens with zero attached hydrogens (tertiary/aromatic N) is 4. The van der Waals surface area contributed by atoms with Crippen LogP contribution in [0.4, 0.5) is 5.69 Å². The molecule has 0 aliphatic heterocycles. The van der Waals surface area contributed by atoms with Crippen molar-refractivity contribution in [1.82, 2.24) is 15.2 Å². The molecule has 1 heterocycles. The highest BCUT2D eigenvalue weighted by Crippen LogP contribution is 2.15. The summed E-state index contributed by atoms with van der Waals surface area (Å²) >= 11 is 0. The molecular formula is C21H21N5O4. The maximum Gasteiger partial charge on any atom is 0.292 e. The molecule has 0 aliphatic rings. The van der Waals surface area contributed by atoms with E-state index in [0.29, 0.717) is 28.6 Å². The summed E-state index contributed by atoms with van der Waals surface area (Å²) in [6.45, 7) is 4.05. The molecule has 30 heavy (non-hydrogen) atoms. The Balaban J connectivity index is 1.94. The lowest BCUT2D eigenvalue weighted by Crippen LogP contribution is -2.29. The van der Waals surface area contributed by atoms with Crippen molar-refractivity contribution in [1.29, 1.82) is 0 Å². The summed E-state index contributed by atoms with van der Waals surface area (Å²) in [7, 11) is 0. The molecule has 2 aromatic carbocycles. The van der Waals surface area contributed by atoms with Crippen molar-refractivity contribution in [2.24, 2.45) is 5.10 Å². The minimum atomic E-state index is -0.568. The summed E-state index contributed by atoms with van der Waals surface area (Å²) in [6, 6.07) is 12.8. The first-order chi connectivity index (χ1) is 14.4. The van der Waals surface area contributed by atoms with Crippen molar-refractivity contribution in [2.75, 3.05) is 0 Å². The van der Waals surface area contributed by atoms with E-state index in [1.807, 2.05) is 6.92 Å². The summed E-state index contributed by atoms with van der Waals surface area (Å²) in [6.07, 6.45) is 1.64. The number of non-ortho nitro benzene ring substituents is 1. The van der Waals surface area contributed by atoms with Gasteiger partial charge in [0, 0.05) is 29.6 Å². The molecule has 9 nitrogen and oxygen atoms in total. The Bertz CT molecular complexity index is 1200. The fourth-order valence-electron chi connectivity index (χ4n) is 2.96. The van der Waals surface area contributed by atoms with Crippen LogP contribution in [0.25, 0.3) is 10.8 Å². The zero-order valence-corrected chi connectivity index (χ0v) is 16.7. The van der Waals surface area contributed by atoms with E-state index < -0.39 is 10.8 Å². The summed E-state index contributed by atoms with van der Waals surface area (Å²) in [4.78, 5) is 35.9. The van der Waals surface area contributed by atoms with Crippen molar-refractivity contribution in [3.63, 3.8) is 0 Å². The first-order valence-electron chi connectivity index (χ1n) is 9.51. The number of carbonyl (C=O) groups excluding carboxylic acids is 1. The lowest BCUT2D eigenvalue weighted by atomic mass is 10.1. The number of aromatic nitrogens is 2. The van der Waals surface area contributed by atoms with Crippen LogP contribution < -0.4 is 11.0 Å². The molecule has 0 fully saturated rings. The normalized spacial score (nSPS) is 11.5. The van der Waals surface area contributed by atoms with Gasteiger partial charge in [-0.3, -0.25) is 19.7 Å². The number of nitrogens with one attached hydrogen (secondary N) is 1. The van der Waals surface area contributed by atoms with Crippen molar-refractivity contribution in [3.05, 3.63) is 80.3 Å². The molecule has 3 aromatic rings. The van der Waals surface area contributed by atoms with Gasteiger partial charge in [-0.2, -0.15) is 10.2 Å². The lowest BCUT2D eigenvalue weighted by molar-refractivity contribution is -0.384. The number of amides is 1. The van der Waals surface area contributed by atoms with Crippen LogP contribution in [0.1, 0.15) is 42.7 Å². The lowest BCUT2D eigenvalue weighted by Gasteiger charge is -2.10. The molecule has 0 bridgehead atoms. The Hall–Kier alpha value is -3.88. The minimum Gasteiger partial charge on any atom is -0.267 e. The maximum atomic E-state index is 12.8. The van der Waals surface area contributed by atoms with E-state index in [1.165, 1.54) is 16.8 Å². The third-order valence-electron chi connectivity index (χ3n) is 4.61. The van der Waals surface area contributed by atoms with Crippen LogP contribution in [0.3, 0.4) is 0 Å². The second-order valence-corrected chi connectivity index (χ2v) is 6.72. The predicted molar refractivity (Wildman–Crippen MR) is 114 cm³/mol. The number of benzene rings is 2. The van der Waals surface area contributed by atoms with Crippen molar-refractivity contribution in [2.45, 2.75) is 33.2 Å². The molecule has 0 unspecified atom stereocenters. The van der Waals surface area contributed by atoms with E-state index in [0.717, 1.165) is 12.8 Å². The van der Waals surface area contributed by atoms with Gasteiger partial charge in [0.05, 0.1) is 16.0 Å². The van der Waals surface area contributed by atoms with Crippen LogP contribution in [0.15, 0.2) is 58.4 Å². The van der Waals surface area contributed by atoms with E-state index in [4.69, 9.17) is 0 Å². The number of nitro groups is 1. The Morgan fingerprint density at radius 1 is 1.20 bits per heavy atom. The second kappa shape index (κ2) is 9.08. The van der Waals surface area contributed by atoms with Gasteiger partial charge in [-0.05, 0) is 19.4 Å². The van der Waals surface area contributed by atoms with Gasteiger partial charge in [0.15, 0.2) is 5.69 Å². The number of carbonyl (C=O) groups is 1. The van der Waals surface area contributed by atoms with Crippen molar-refractivity contribution >= 4 is 28.1 Å². The van der Waals surface area contributed by atoms with Crippen LogP contribution in [0, 0.1) is 10.1 Å². The molecule has 9 heteroatoms. The third kappa shape index (κ3) is 4.40. The molecule has 0 aliphatic carbocycles. The molecule has 1 aromatic heterocycles. The van der Waals surface area contributed by atoms with E-state index in [1.54, 1.807) is 43.3 Å². The van der Waals surface area contributed by atoms with E-state index in [9.17, 15) is 19.7 Å². The summed E-state index contributed by atoms with van der Waals surface area (Å²) in [5, 5.41) is 20.1. The first kappa shape index (κ1) is 20.8. The number of hydrazone groups is 1. The summed E-state index contributed by atoms with van der Waals surface area (Å²) in [5.74, 6) is -0.568. The molecule has 0 saturated heterocycles. The Labute approximate surface area is 172 Å². The van der Waals surface area contributed by atoms with Crippen LogP contribution in [0.2, 0.25) is 0 Å². The number of fused-ring (bicyclic) bond motifs is 1. The van der Waals surface area contributed by atoms with E-state index in [2.05, 4.69) is 15.6 Å². The Kier molecular flexibility index (Phi) is 6.31. The summed E-state index contributed by atoms with van der Waals surface area (Å²) < 4.78 is 1.30. The minimum absolute atomic E-state index is 0.0657. The van der Waals surface area contributed by atoms with Crippen LogP contribution in [-0.2, 0) is 6.54 Å². The highest BCUT2D eigenvalue weighted by molar-refractivity contribution is 6.06. The predicted octanol–water partition coefficient (Wildman–Crippen LogP) is 3.26. The number of hydrogen-bond acceptors (Lipinski definition) is 6. The smallest absolute Gasteiger partial charge is 0.267 e. The van der Waals surface area contributed by atoms with Crippen LogP contribution >= 0.6 is 0 Å². The van der Waals surface area contributed by atoms with Crippen molar-refractivity contribution < 1.29 is 9.72 Å². The fourth-order valence-corrected chi connectivity index (χ4v) is 2.96. The average molecular weight is 407 g/mol. The molecule has 1 N–H and O–H groups in total. The van der Waals surface area contributed by atoms with Gasteiger partial charge in [-0.15, -0.1) is 0 Å². The molecule has 0 atom stereocenters. The van der Waals surface area contributed by atoms with Gasteiger partial charge < -0.3 is 0 Å². The van der Waals surface area contributed by atoms with Gasteiger partial charge in [0.25, 0.3) is 17.2 Å². The fraction of sp³-hybridized carbons (Fsp3) is 0.238. The topological polar surface area (TPSA) is 119 Å². The Morgan fingerprint density at radius 3 is 2.63 bits per heavy atom. The van der Waals surface area contributed by atoms with Gasteiger partial charge in [-0.25, -0.2) is 10.1 Å². The number of aryl methyl sites for hydroxylation is 1. The van der Waals surface area contributed by atoms with Gasteiger partial charge in [-0.1, -0.05) is 43.7 Å². The van der Waals surface area contributed by atoms with Gasteiger partial charge in [0.2, 0.25) is 0 Å².